The molecule has 0 bridgehead atoms. The molecule has 0 spiro atoms. The fourth-order valence-corrected chi connectivity index (χ4v) is 6.98. The van der Waals surface area contributed by atoms with Crippen LogP contribution in [0.5, 0.6) is 0 Å². The van der Waals surface area contributed by atoms with E-state index in [0.717, 1.165) is 49.1 Å². The molecule has 13 heteroatoms. The van der Waals surface area contributed by atoms with Gasteiger partial charge in [0, 0.05) is 38.2 Å². The molecule has 1 saturated carbocycles. The van der Waals surface area contributed by atoms with E-state index < -0.39 is 36.0 Å². The number of rotatable bonds is 15. The van der Waals surface area contributed by atoms with Crippen LogP contribution in [0.1, 0.15) is 80.0 Å². The first kappa shape index (κ1) is 36.0. The molecule has 2 N–H and O–H groups in total. The summed E-state index contributed by atoms with van der Waals surface area (Å²) < 4.78 is 10.6. The predicted octanol–water partition coefficient (Wildman–Crippen LogP) is 3.12. The Morgan fingerprint density at radius 2 is 1.79 bits per heavy atom. The van der Waals surface area contributed by atoms with E-state index in [0.29, 0.717) is 5.01 Å². The zero-order chi connectivity index (χ0) is 34.2. The number of likely N-dealkylation sites (tertiary alicyclic amines) is 1. The molecule has 3 amide bonds. The number of benzene rings is 1. The Hall–Kier alpha value is -3.84. The molecule has 12 nitrogen and oxygen atoms in total. The summed E-state index contributed by atoms with van der Waals surface area (Å²) in [6.07, 6.45) is 3.12. The van der Waals surface area contributed by atoms with Crippen LogP contribution in [-0.4, -0.2) is 96.4 Å². The van der Waals surface area contributed by atoms with Gasteiger partial charge < -0.3 is 25.0 Å². The summed E-state index contributed by atoms with van der Waals surface area (Å²) in [6, 6.07) is 7.12. The molecule has 0 radical (unpaired) electrons. The summed E-state index contributed by atoms with van der Waals surface area (Å²) >= 11 is 1.16. The number of methoxy groups -OCH3 is 1. The van der Waals surface area contributed by atoms with Gasteiger partial charge in [0.25, 0.3) is 5.91 Å². The highest BCUT2D eigenvalue weighted by Gasteiger charge is 2.42. The fraction of sp³-hybridized carbons (Fsp3) is 0.588. The van der Waals surface area contributed by atoms with E-state index in [1.807, 2.05) is 56.1 Å². The molecule has 1 aromatic heterocycles. The third-order valence-electron chi connectivity index (χ3n) is 8.96. The lowest BCUT2D eigenvalue weighted by atomic mass is 9.95. The van der Waals surface area contributed by atoms with Crippen molar-refractivity contribution in [1.29, 1.82) is 0 Å². The third-order valence-corrected chi connectivity index (χ3v) is 9.90. The van der Waals surface area contributed by atoms with Gasteiger partial charge in [0.1, 0.15) is 22.8 Å². The number of carbonyl (C=O) groups is 5. The highest BCUT2D eigenvalue weighted by atomic mass is 32.1. The Labute approximate surface area is 280 Å². The van der Waals surface area contributed by atoms with Gasteiger partial charge in [-0.1, -0.05) is 44.2 Å². The fourth-order valence-electron chi connectivity index (χ4n) is 6.14. The minimum Gasteiger partial charge on any atom is -0.467 e. The second-order valence-electron chi connectivity index (χ2n) is 12.9. The summed E-state index contributed by atoms with van der Waals surface area (Å²) in [5, 5.41) is 7.72. The second kappa shape index (κ2) is 16.3. The molecule has 256 valence electrons. The molecule has 1 saturated heterocycles. The maximum Gasteiger partial charge on any atom is 0.328 e. The molecule has 5 atom stereocenters. The molecule has 47 heavy (non-hydrogen) atoms. The minimum absolute atomic E-state index is 0.0277. The number of nitrogens with one attached hydrogen (secondary N) is 2. The molecule has 4 rings (SSSR count). The second-order valence-corrected chi connectivity index (χ2v) is 13.8. The van der Waals surface area contributed by atoms with Crippen LogP contribution in [0.3, 0.4) is 0 Å². The summed E-state index contributed by atoms with van der Waals surface area (Å²) in [4.78, 5) is 73.2. The van der Waals surface area contributed by atoms with E-state index >= 15 is 0 Å². The number of hydrogen-bond acceptors (Lipinski definition) is 10. The predicted molar refractivity (Wildman–Crippen MR) is 176 cm³/mol. The molecule has 1 aliphatic carbocycles. The standard InChI is InChI=1S/C34H47N5O7S/c1-20(2)27(39(5)33(43)29(23-14-15-23)37-31(42)26-13-10-16-38(26)4)18-28(46-21(3)40)32-36-25(19-47-32)30(41)35-24(34(44)45-6)17-22-11-8-7-9-12-22/h7-9,11-12,19-20,23-24,26-29H,10,13-18H2,1-6H3,(H,35,41)(H,37,42)/t24-,26+,27+,28+,29-/m0/s1. The lowest BCUT2D eigenvalue weighted by Crippen LogP contribution is -2.55. The zero-order valence-corrected chi connectivity index (χ0v) is 28.9. The Morgan fingerprint density at radius 1 is 1.09 bits per heavy atom. The molecular weight excluding hydrogens is 622 g/mol. The summed E-state index contributed by atoms with van der Waals surface area (Å²) in [5.74, 6) is -1.90. The average Bonchev–Trinajstić information content (AvgIpc) is 3.59. The number of nitrogens with zero attached hydrogens (tertiary/aromatic N) is 3. The van der Waals surface area contributed by atoms with Crippen LogP contribution in [0.25, 0.3) is 0 Å². The van der Waals surface area contributed by atoms with Gasteiger partial charge in [0.15, 0.2) is 6.10 Å². The first-order chi connectivity index (χ1) is 22.4. The Balaban J connectivity index is 1.48. The first-order valence-corrected chi connectivity index (χ1v) is 17.1. The quantitative estimate of drug-likeness (QED) is 0.273. The molecule has 0 unspecified atom stereocenters. The van der Waals surface area contributed by atoms with E-state index in [1.54, 1.807) is 17.3 Å². The van der Waals surface area contributed by atoms with E-state index in [4.69, 9.17) is 9.47 Å². The van der Waals surface area contributed by atoms with Gasteiger partial charge in [-0.05, 0) is 56.7 Å². The number of esters is 2. The van der Waals surface area contributed by atoms with Gasteiger partial charge in [-0.25, -0.2) is 9.78 Å². The number of amides is 3. The van der Waals surface area contributed by atoms with Crippen molar-refractivity contribution in [2.24, 2.45) is 11.8 Å². The van der Waals surface area contributed by atoms with Crippen LogP contribution in [0.15, 0.2) is 35.7 Å². The lowest BCUT2D eigenvalue weighted by Gasteiger charge is -2.36. The van der Waals surface area contributed by atoms with Crippen molar-refractivity contribution in [1.82, 2.24) is 25.4 Å². The van der Waals surface area contributed by atoms with Crippen LogP contribution >= 0.6 is 11.3 Å². The largest absolute Gasteiger partial charge is 0.467 e. The number of aromatic nitrogens is 1. The highest BCUT2D eigenvalue weighted by Crippen LogP contribution is 2.36. The van der Waals surface area contributed by atoms with Crippen molar-refractivity contribution in [2.75, 3.05) is 27.7 Å². The van der Waals surface area contributed by atoms with E-state index in [9.17, 15) is 24.0 Å². The van der Waals surface area contributed by atoms with Crippen molar-refractivity contribution in [3.8, 4) is 0 Å². The smallest absolute Gasteiger partial charge is 0.328 e. The van der Waals surface area contributed by atoms with Crippen LogP contribution in [0.4, 0.5) is 0 Å². The zero-order valence-electron chi connectivity index (χ0n) is 28.1. The van der Waals surface area contributed by atoms with Crippen LogP contribution in [0, 0.1) is 11.8 Å². The molecule has 1 aromatic carbocycles. The molecular formula is C34H47N5O7S. The van der Waals surface area contributed by atoms with Crippen molar-refractivity contribution >= 4 is 41.0 Å². The van der Waals surface area contributed by atoms with Gasteiger partial charge in [-0.3, -0.25) is 24.1 Å². The van der Waals surface area contributed by atoms with Crippen LogP contribution in [-0.2, 0) is 35.1 Å². The van der Waals surface area contributed by atoms with E-state index in [-0.39, 0.29) is 54.3 Å². The number of carbonyl (C=O) groups excluding carboxylic acids is 5. The third kappa shape index (κ3) is 9.60. The topological polar surface area (TPSA) is 147 Å². The van der Waals surface area contributed by atoms with Crippen LogP contribution < -0.4 is 10.6 Å². The van der Waals surface area contributed by atoms with Crippen molar-refractivity contribution < 1.29 is 33.4 Å². The van der Waals surface area contributed by atoms with Crippen molar-refractivity contribution in [3.05, 3.63) is 52.0 Å². The minimum atomic E-state index is -0.928. The summed E-state index contributed by atoms with van der Waals surface area (Å²) in [5.41, 5.74) is 0.924. The Bertz CT molecular complexity index is 1410. The number of thiazole rings is 1. The van der Waals surface area contributed by atoms with Gasteiger partial charge >= 0.3 is 11.9 Å². The Kier molecular flexibility index (Phi) is 12.5. The van der Waals surface area contributed by atoms with Crippen molar-refractivity contribution in [3.63, 3.8) is 0 Å². The van der Waals surface area contributed by atoms with Gasteiger partial charge in [-0.2, -0.15) is 0 Å². The Morgan fingerprint density at radius 3 is 2.36 bits per heavy atom. The molecule has 2 aliphatic rings. The number of hydrogen-bond donors (Lipinski definition) is 2. The molecule has 2 fully saturated rings. The van der Waals surface area contributed by atoms with Crippen molar-refractivity contribution in [2.45, 2.75) is 89.6 Å². The monoisotopic (exact) mass is 669 g/mol. The van der Waals surface area contributed by atoms with Gasteiger partial charge in [-0.15, -0.1) is 11.3 Å². The first-order valence-electron chi connectivity index (χ1n) is 16.2. The highest BCUT2D eigenvalue weighted by molar-refractivity contribution is 7.09. The van der Waals surface area contributed by atoms with Gasteiger partial charge in [0.05, 0.1) is 13.2 Å². The summed E-state index contributed by atoms with van der Waals surface area (Å²) in [6.45, 7) is 6.12. The maximum absolute atomic E-state index is 13.9. The van der Waals surface area contributed by atoms with E-state index in [2.05, 4.69) is 15.6 Å². The number of ether oxygens (including phenoxy) is 2. The summed E-state index contributed by atoms with van der Waals surface area (Å²) in [7, 11) is 4.91. The molecule has 2 heterocycles. The van der Waals surface area contributed by atoms with Gasteiger partial charge in [0.2, 0.25) is 11.8 Å². The average molecular weight is 670 g/mol. The molecule has 1 aliphatic heterocycles. The normalized spacial score (nSPS) is 18.9. The maximum atomic E-state index is 13.9. The van der Waals surface area contributed by atoms with E-state index in [1.165, 1.54) is 14.0 Å². The number of likely N-dealkylation sites (N-methyl/N-ethyl adjacent to an activating group) is 2. The lowest BCUT2D eigenvalue weighted by molar-refractivity contribution is -0.149. The van der Waals surface area contributed by atoms with Crippen LogP contribution in [0.2, 0.25) is 0 Å². The SMILES string of the molecule is COC(=O)[C@H](Cc1ccccc1)NC(=O)c1csc([C@@H](C[C@H](C(C)C)N(C)C(=O)[C@@H](NC(=O)[C@H]2CCCN2C)C2CC2)OC(C)=O)n1. The molecule has 2 aromatic rings.